The van der Waals surface area contributed by atoms with Crippen LogP contribution in [-0.4, -0.2) is 32.8 Å². The predicted octanol–water partition coefficient (Wildman–Crippen LogP) is 2.13. The summed E-state index contributed by atoms with van der Waals surface area (Å²) in [5.74, 6) is 1.37. The Kier molecular flexibility index (Phi) is 5.38. The molecule has 0 saturated carbocycles. The molecule has 4 rings (SSSR count). The molecule has 0 spiro atoms. The summed E-state index contributed by atoms with van der Waals surface area (Å²) in [7, 11) is 3.25. The van der Waals surface area contributed by atoms with Crippen LogP contribution in [0.2, 0.25) is 0 Å². The summed E-state index contributed by atoms with van der Waals surface area (Å²) in [6, 6.07) is 17.7. The summed E-state index contributed by atoms with van der Waals surface area (Å²) in [5.41, 5.74) is 1.87. The number of para-hydroxylation sites is 1. The molecule has 0 aliphatic carbocycles. The number of rotatable bonds is 7. The number of nitrogens with zero attached hydrogens (tertiary/aromatic N) is 3. The average molecular weight is 405 g/mol. The normalized spacial score (nSPS) is 11.0. The van der Waals surface area contributed by atoms with Gasteiger partial charge in [0.2, 0.25) is 5.95 Å². The van der Waals surface area contributed by atoms with E-state index in [0.717, 1.165) is 16.9 Å². The number of aromatic nitrogens is 4. The first kappa shape index (κ1) is 19.5. The van der Waals surface area contributed by atoms with Gasteiger partial charge in [-0.05, 0) is 23.6 Å². The van der Waals surface area contributed by atoms with Crippen LogP contribution in [0.25, 0.3) is 11.2 Å². The molecule has 0 aliphatic rings. The van der Waals surface area contributed by atoms with Crippen molar-refractivity contribution in [2.45, 2.75) is 13.0 Å². The van der Waals surface area contributed by atoms with Crippen molar-refractivity contribution in [2.75, 3.05) is 19.0 Å². The largest absolute Gasteiger partial charge is 0.496 e. The number of ether oxygens (including phenoxy) is 1. The van der Waals surface area contributed by atoms with Gasteiger partial charge < -0.3 is 10.1 Å². The Bertz CT molecular complexity index is 1290. The maximum atomic E-state index is 12.6. The van der Waals surface area contributed by atoms with Crippen molar-refractivity contribution in [2.24, 2.45) is 7.05 Å². The highest BCUT2D eigenvalue weighted by Gasteiger charge is 2.17. The van der Waals surface area contributed by atoms with Crippen LogP contribution in [0.3, 0.4) is 0 Å². The summed E-state index contributed by atoms with van der Waals surface area (Å²) in [6.07, 6.45) is 0.716. The molecular formula is C22H23N5O3. The van der Waals surface area contributed by atoms with Crippen LogP contribution in [0.4, 0.5) is 5.95 Å². The number of anilines is 1. The number of aryl methyl sites for hydroxylation is 1. The number of benzene rings is 2. The SMILES string of the molecule is COc1ccccc1CCNc1nc2c(c(=O)[nH]c(=O)n2C)n1Cc1ccccc1. The number of imidazole rings is 1. The van der Waals surface area contributed by atoms with Gasteiger partial charge in [-0.3, -0.25) is 18.9 Å². The number of hydrogen-bond acceptors (Lipinski definition) is 5. The highest BCUT2D eigenvalue weighted by atomic mass is 16.5. The van der Waals surface area contributed by atoms with Crippen molar-refractivity contribution >= 4 is 17.1 Å². The van der Waals surface area contributed by atoms with E-state index in [1.54, 1.807) is 14.2 Å². The number of hydrogen-bond donors (Lipinski definition) is 2. The molecule has 0 amide bonds. The smallest absolute Gasteiger partial charge is 0.329 e. The molecule has 154 valence electrons. The second kappa shape index (κ2) is 8.28. The van der Waals surface area contributed by atoms with E-state index >= 15 is 0 Å². The topological polar surface area (TPSA) is 93.9 Å². The van der Waals surface area contributed by atoms with E-state index in [4.69, 9.17) is 4.74 Å². The molecule has 2 N–H and O–H groups in total. The van der Waals surface area contributed by atoms with Gasteiger partial charge in [-0.25, -0.2) is 4.79 Å². The minimum absolute atomic E-state index is 0.347. The zero-order valence-electron chi connectivity index (χ0n) is 16.9. The second-order valence-corrected chi connectivity index (χ2v) is 6.99. The first-order chi connectivity index (χ1) is 14.6. The summed E-state index contributed by atoms with van der Waals surface area (Å²) >= 11 is 0. The highest BCUT2D eigenvalue weighted by Crippen LogP contribution is 2.20. The molecule has 2 heterocycles. The summed E-state index contributed by atoms with van der Waals surface area (Å²) in [6.45, 7) is 1.04. The molecule has 0 radical (unpaired) electrons. The second-order valence-electron chi connectivity index (χ2n) is 6.99. The molecule has 0 aliphatic heterocycles. The maximum Gasteiger partial charge on any atom is 0.329 e. The van der Waals surface area contributed by atoms with Crippen molar-refractivity contribution in [3.63, 3.8) is 0 Å². The zero-order valence-corrected chi connectivity index (χ0v) is 16.9. The Morgan fingerprint density at radius 2 is 1.80 bits per heavy atom. The minimum atomic E-state index is -0.488. The van der Waals surface area contributed by atoms with Crippen LogP contribution in [-0.2, 0) is 20.0 Å². The molecule has 4 aromatic rings. The molecule has 0 bridgehead atoms. The van der Waals surface area contributed by atoms with Crippen molar-refractivity contribution in [3.05, 3.63) is 86.6 Å². The van der Waals surface area contributed by atoms with E-state index in [1.807, 2.05) is 59.2 Å². The third kappa shape index (κ3) is 3.71. The maximum absolute atomic E-state index is 12.6. The van der Waals surface area contributed by atoms with Gasteiger partial charge in [-0.2, -0.15) is 4.98 Å². The predicted molar refractivity (Wildman–Crippen MR) is 116 cm³/mol. The van der Waals surface area contributed by atoms with Gasteiger partial charge in [0.25, 0.3) is 5.56 Å². The summed E-state index contributed by atoms with van der Waals surface area (Å²) in [4.78, 5) is 31.5. The molecular weight excluding hydrogens is 382 g/mol. The molecule has 30 heavy (non-hydrogen) atoms. The average Bonchev–Trinajstić information content (AvgIpc) is 3.12. The van der Waals surface area contributed by atoms with Gasteiger partial charge in [-0.1, -0.05) is 48.5 Å². The molecule has 0 saturated heterocycles. The Balaban J connectivity index is 1.70. The third-order valence-corrected chi connectivity index (χ3v) is 5.06. The lowest BCUT2D eigenvalue weighted by Crippen LogP contribution is -2.29. The molecule has 8 heteroatoms. The molecule has 8 nitrogen and oxygen atoms in total. The highest BCUT2D eigenvalue weighted by molar-refractivity contribution is 5.74. The van der Waals surface area contributed by atoms with Gasteiger partial charge in [0, 0.05) is 13.6 Å². The molecule has 0 fully saturated rings. The lowest BCUT2D eigenvalue weighted by molar-refractivity contribution is 0.410. The van der Waals surface area contributed by atoms with Gasteiger partial charge in [0.05, 0.1) is 13.7 Å². The van der Waals surface area contributed by atoms with Crippen LogP contribution in [0.1, 0.15) is 11.1 Å². The monoisotopic (exact) mass is 405 g/mol. The van der Waals surface area contributed by atoms with E-state index in [0.29, 0.717) is 36.6 Å². The fraction of sp³-hybridized carbons (Fsp3) is 0.227. The molecule has 0 atom stereocenters. The van der Waals surface area contributed by atoms with E-state index in [9.17, 15) is 9.59 Å². The first-order valence-electron chi connectivity index (χ1n) is 9.67. The first-order valence-corrected chi connectivity index (χ1v) is 9.67. The molecule has 2 aromatic heterocycles. The fourth-order valence-electron chi connectivity index (χ4n) is 3.51. The zero-order chi connectivity index (χ0) is 21.1. The Morgan fingerprint density at radius 1 is 1.07 bits per heavy atom. The van der Waals surface area contributed by atoms with Crippen LogP contribution in [0, 0.1) is 0 Å². The Hall–Kier alpha value is -3.81. The Labute approximate surface area is 172 Å². The van der Waals surface area contributed by atoms with Crippen molar-refractivity contribution in [1.29, 1.82) is 0 Å². The number of methoxy groups -OCH3 is 1. The van der Waals surface area contributed by atoms with Crippen LogP contribution in [0.5, 0.6) is 5.75 Å². The number of aromatic amines is 1. The summed E-state index contributed by atoms with van der Waals surface area (Å²) < 4.78 is 8.57. The van der Waals surface area contributed by atoms with E-state index in [-0.39, 0.29) is 0 Å². The van der Waals surface area contributed by atoms with Gasteiger partial charge in [-0.15, -0.1) is 0 Å². The van der Waals surface area contributed by atoms with E-state index in [2.05, 4.69) is 15.3 Å². The lowest BCUT2D eigenvalue weighted by atomic mass is 10.1. The summed E-state index contributed by atoms with van der Waals surface area (Å²) in [5, 5.41) is 3.32. The number of fused-ring (bicyclic) bond motifs is 1. The van der Waals surface area contributed by atoms with Crippen molar-refractivity contribution in [1.82, 2.24) is 19.1 Å². The van der Waals surface area contributed by atoms with Gasteiger partial charge in [0.15, 0.2) is 11.2 Å². The minimum Gasteiger partial charge on any atom is -0.496 e. The van der Waals surface area contributed by atoms with E-state index < -0.39 is 11.2 Å². The molecule has 2 aromatic carbocycles. The van der Waals surface area contributed by atoms with Crippen molar-refractivity contribution < 1.29 is 4.74 Å². The van der Waals surface area contributed by atoms with Crippen LogP contribution < -0.4 is 21.3 Å². The molecule has 0 unspecified atom stereocenters. The van der Waals surface area contributed by atoms with Crippen molar-refractivity contribution in [3.8, 4) is 5.75 Å². The Morgan fingerprint density at radius 3 is 2.57 bits per heavy atom. The number of H-pyrrole nitrogens is 1. The van der Waals surface area contributed by atoms with Gasteiger partial charge >= 0.3 is 5.69 Å². The third-order valence-electron chi connectivity index (χ3n) is 5.06. The quantitative estimate of drug-likeness (QED) is 0.491. The van der Waals surface area contributed by atoms with Crippen LogP contribution in [0.15, 0.2) is 64.2 Å². The standard InChI is InChI=1S/C22H23N5O3/c1-26-19-18(20(28)25-22(26)29)27(14-15-8-4-3-5-9-15)21(24-19)23-13-12-16-10-6-7-11-17(16)30-2/h3-11H,12-14H2,1-2H3,(H,23,24)(H,25,28,29). The number of nitrogens with one attached hydrogen (secondary N) is 2. The van der Waals surface area contributed by atoms with E-state index in [1.165, 1.54) is 4.57 Å². The van der Waals surface area contributed by atoms with Gasteiger partial charge in [0.1, 0.15) is 5.75 Å². The van der Waals surface area contributed by atoms with Crippen LogP contribution >= 0.6 is 0 Å². The fourth-order valence-corrected chi connectivity index (χ4v) is 3.51. The lowest BCUT2D eigenvalue weighted by Gasteiger charge is -2.12.